The lowest BCUT2D eigenvalue weighted by Gasteiger charge is -2.47. The quantitative estimate of drug-likeness (QED) is 0.591. The monoisotopic (exact) mass is 338 g/mol. The highest BCUT2D eigenvalue weighted by Gasteiger charge is 2.41. The van der Waals surface area contributed by atoms with Gasteiger partial charge in [0.1, 0.15) is 0 Å². The maximum Gasteiger partial charge on any atom is 0.416 e. The molecule has 1 aromatic rings. The Kier molecular flexibility index (Phi) is 4.43. The number of nitrogens with zero attached hydrogens (tertiary/aromatic N) is 2. The standard InChI is InChI=1S/C16H19ClN2O4/c1-10-8-11-4-2-5-12(9-10)18(11)16(20)23-15-13(17)6-3-7-14(15)19(21)22/h3,6-7,10-12H,2,4-5,8-9H2,1H3. The molecule has 23 heavy (non-hydrogen) atoms. The van der Waals surface area contributed by atoms with Crippen molar-refractivity contribution in [3.8, 4) is 5.75 Å². The van der Waals surface area contributed by atoms with Crippen LogP contribution in [0.1, 0.15) is 39.0 Å². The van der Waals surface area contributed by atoms with E-state index < -0.39 is 11.0 Å². The van der Waals surface area contributed by atoms with Gasteiger partial charge in [0.05, 0.1) is 9.95 Å². The van der Waals surface area contributed by atoms with Crippen molar-refractivity contribution in [1.29, 1.82) is 0 Å². The Labute approximate surface area is 139 Å². The summed E-state index contributed by atoms with van der Waals surface area (Å²) in [6.45, 7) is 2.20. The third kappa shape index (κ3) is 3.13. The Hall–Kier alpha value is -1.82. The molecule has 0 aliphatic carbocycles. The molecular weight excluding hydrogens is 320 g/mol. The summed E-state index contributed by atoms with van der Waals surface area (Å²) >= 11 is 6.00. The highest BCUT2D eigenvalue weighted by atomic mass is 35.5. The molecule has 2 fully saturated rings. The number of hydrogen-bond acceptors (Lipinski definition) is 4. The van der Waals surface area contributed by atoms with Crippen molar-refractivity contribution in [1.82, 2.24) is 4.90 Å². The van der Waals surface area contributed by atoms with Crippen LogP contribution in [0, 0.1) is 16.0 Å². The van der Waals surface area contributed by atoms with E-state index in [4.69, 9.17) is 16.3 Å². The lowest BCUT2D eigenvalue weighted by atomic mass is 9.79. The maximum absolute atomic E-state index is 12.6. The minimum atomic E-state index is -0.590. The molecule has 2 bridgehead atoms. The molecule has 0 N–H and O–H groups in total. The summed E-state index contributed by atoms with van der Waals surface area (Å²) < 4.78 is 5.36. The molecule has 6 nitrogen and oxygen atoms in total. The minimum absolute atomic E-state index is 0.0723. The summed E-state index contributed by atoms with van der Waals surface area (Å²) in [6, 6.07) is 4.55. The first-order chi connectivity index (χ1) is 11.0. The normalized spacial score (nSPS) is 26.7. The fourth-order valence-electron chi connectivity index (χ4n) is 3.83. The average Bonchev–Trinajstić information content (AvgIpc) is 2.47. The third-order valence-electron chi connectivity index (χ3n) is 4.75. The van der Waals surface area contributed by atoms with E-state index in [-0.39, 0.29) is 28.5 Å². The second-order valence-corrected chi connectivity index (χ2v) is 6.84. The molecule has 1 aromatic carbocycles. The first kappa shape index (κ1) is 16.1. The number of carbonyl (C=O) groups is 1. The molecule has 2 aliphatic rings. The van der Waals surface area contributed by atoms with Crippen molar-refractivity contribution in [2.24, 2.45) is 5.92 Å². The summed E-state index contributed by atoms with van der Waals surface area (Å²) in [5.41, 5.74) is -0.290. The highest BCUT2D eigenvalue weighted by molar-refractivity contribution is 6.32. The number of nitro groups is 1. The van der Waals surface area contributed by atoms with E-state index in [1.54, 1.807) is 4.90 Å². The van der Waals surface area contributed by atoms with Crippen LogP contribution in [-0.2, 0) is 0 Å². The van der Waals surface area contributed by atoms with Gasteiger partial charge in [0.25, 0.3) is 0 Å². The molecule has 124 valence electrons. The number of fused-ring (bicyclic) bond motifs is 2. The van der Waals surface area contributed by atoms with Crippen molar-refractivity contribution in [2.75, 3.05) is 0 Å². The fourth-order valence-corrected chi connectivity index (χ4v) is 4.04. The second kappa shape index (κ2) is 6.35. The largest absolute Gasteiger partial charge is 0.416 e. The van der Waals surface area contributed by atoms with Crippen LogP contribution in [0.2, 0.25) is 5.02 Å². The zero-order chi connectivity index (χ0) is 16.6. The van der Waals surface area contributed by atoms with Crippen LogP contribution in [0.25, 0.3) is 0 Å². The lowest BCUT2D eigenvalue weighted by molar-refractivity contribution is -0.385. The summed E-state index contributed by atoms with van der Waals surface area (Å²) in [5, 5.41) is 11.2. The number of amides is 1. The number of piperidine rings is 2. The van der Waals surface area contributed by atoms with Crippen molar-refractivity contribution in [3.05, 3.63) is 33.3 Å². The molecule has 3 rings (SSSR count). The smallest absolute Gasteiger partial charge is 0.401 e. The van der Waals surface area contributed by atoms with Gasteiger partial charge in [-0.3, -0.25) is 10.1 Å². The van der Waals surface area contributed by atoms with Crippen molar-refractivity contribution in [3.63, 3.8) is 0 Å². The van der Waals surface area contributed by atoms with Gasteiger partial charge in [-0.15, -0.1) is 0 Å². The predicted octanol–water partition coefficient (Wildman–Crippen LogP) is 4.40. The summed E-state index contributed by atoms with van der Waals surface area (Å²) in [6.07, 6.45) is 4.41. The van der Waals surface area contributed by atoms with Gasteiger partial charge in [-0.2, -0.15) is 0 Å². The van der Waals surface area contributed by atoms with Gasteiger partial charge in [-0.1, -0.05) is 24.6 Å². The molecule has 0 saturated carbocycles. The molecule has 0 aromatic heterocycles. The summed E-state index contributed by atoms with van der Waals surface area (Å²) in [7, 11) is 0. The van der Waals surface area contributed by atoms with Gasteiger partial charge in [-0.25, -0.2) is 4.79 Å². The van der Waals surface area contributed by atoms with Crippen LogP contribution in [-0.4, -0.2) is 28.0 Å². The summed E-state index contributed by atoms with van der Waals surface area (Å²) in [5.74, 6) is 0.421. The molecule has 2 aliphatic heterocycles. The van der Waals surface area contributed by atoms with Crippen LogP contribution < -0.4 is 4.74 Å². The maximum atomic E-state index is 12.6. The van der Waals surface area contributed by atoms with E-state index in [9.17, 15) is 14.9 Å². The lowest BCUT2D eigenvalue weighted by Crippen LogP contribution is -2.55. The van der Waals surface area contributed by atoms with Gasteiger partial charge in [0, 0.05) is 18.2 Å². The average molecular weight is 339 g/mol. The fraction of sp³-hybridized carbons (Fsp3) is 0.562. The Balaban J connectivity index is 1.84. The molecule has 0 radical (unpaired) electrons. The Morgan fingerprint density at radius 2 is 2.00 bits per heavy atom. The predicted molar refractivity (Wildman–Crippen MR) is 85.8 cm³/mol. The number of hydrogen-bond donors (Lipinski definition) is 0. The van der Waals surface area contributed by atoms with E-state index in [1.165, 1.54) is 18.2 Å². The number of para-hydroxylation sites is 1. The van der Waals surface area contributed by atoms with E-state index in [1.807, 2.05) is 0 Å². The van der Waals surface area contributed by atoms with Crippen LogP contribution >= 0.6 is 11.6 Å². The topological polar surface area (TPSA) is 72.7 Å². The van der Waals surface area contributed by atoms with Gasteiger partial charge >= 0.3 is 11.8 Å². The van der Waals surface area contributed by atoms with Gasteiger partial charge < -0.3 is 9.64 Å². The van der Waals surface area contributed by atoms with Gasteiger partial charge in [-0.05, 0) is 44.1 Å². The van der Waals surface area contributed by atoms with E-state index in [0.717, 1.165) is 32.1 Å². The van der Waals surface area contributed by atoms with Gasteiger partial charge in [0.15, 0.2) is 0 Å². The van der Waals surface area contributed by atoms with Crippen LogP contribution in [0.15, 0.2) is 18.2 Å². The molecule has 1 amide bonds. The Bertz CT molecular complexity index is 623. The van der Waals surface area contributed by atoms with Gasteiger partial charge in [0.2, 0.25) is 5.75 Å². The first-order valence-corrected chi connectivity index (χ1v) is 8.28. The second-order valence-electron chi connectivity index (χ2n) is 6.44. The van der Waals surface area contributed by atoms with Crippen LogP contribution in [0.4, 0.5) is 10.5 Å². The number of nitro benzene ring substituents is 1. The zero-order valence-corrected chi connectivity index (χ0v) is 13.7. The summed E-state index contributed by atoms with van der Waals surface area (Å²) in [4.78, 5) is 24.9. The molecule has 2 atom stereocenters. The van der Waals surface area contributed by atoms with Crippen molar-refractivity contribution in [2.45, 2.75) is 51.1 Å². The molecule has 2 unspecified atom stereocenters. The van der Waals surface area contributed by atoms with Crippen LogP contribution in [0.3, 0.4) is 0 Å². The van der Waals surface area contributed by atoms with E-state index in [0.29, 0.717) is 5.92 Å². The Morgan fingerprint density at radius 1 is 1.35 bits per heavy atom. The molecule has 7 heteroatoms. The number of rotatable bonds is 2. The number of benzene rings is 1. The Morgan fingerprint density at radius 3 is 2.61 bits per heavy atom. The number of halogens is 1. The van der Waals surface area contributed by atoms with Crippen molar-refractivity contribution >= 4 is 23.4 Å². The third-order valence-corrected chi connectivity index (χ3v) is 5.05. The number of ether oxygens (including phenoxy) is 1. The SMILES string of the molecule is CC1CC2CCCC(C1)N2C(=O)Oc1c(Cl)cccc1[N+](=O)[O-]. The minimum Gasteiger partial charge on any atom is -0.401 e. The van der Waals surface area contributed by atoms with E-state index in [2.05, 4.69) is 6.92 Å². The number of carbonyl (C=O) groups excluding carboxylic acids is 1. The first-order valence-electron chi connectivity index (χ1n) is 7.90. The highest BCUT2D eigenvalue weighted by Crippen LogP contribution is 2.39. The van der Waals surface area contributed by atoms with Crippen LogP contribution in [0.5, 0.6) is 5.75 Å². The zero-order valence-electron chi connectivity index (χ0n) is 12.9. The van der Waals surface area contributed by atoms with Crippen molar-refractivity contribution < 1.29 is 14.5 Å². The molecule has 2 saturated heterocycles. The molecule has 0 spiro atoms. The van der Waals surface area contributed by atoms with E-state index >= 15 is 0 Å². The molecule has 2 heterocycles. The molecular formula is C16H19ClN2O4.